The van der Waals surface area contributed by atoms with Crippen molar-refractivity contribution in [1.29, 1.82) is 0 Å². The van der Waals surface area contributed by atoms with E-state index in [0.717, 1.165) is 22.9 Å². The molecule has 1 N–H and O–H groups in total. The molecule has 0 atom stereocenters. The highest BCUT2D eigenvalue weighted by molar-refractivity contribution is 5.93. The van der Waals surface area contributed by atoms with E-state index in [1.54, 1.807) is 12.2 Å². The van der Waals surface area contributed by atoms with Crippen molar-refractivity contribution < 1.29 is 9.53 Å². The highest BCUT2D eigenvalue weighted by Crippen LogP contribution is 2.23. The van der Waals surface area contributed by atoms with Crippen molar-refractivity contribution in [1.82, 2.24) is 10.3 Å². The number of aromatic nitrogens is 1. The Morgan fingerprint density at radius 1 is 1.41 bits per heavy atom. The van der Waals surface area contributed by atoms with Gasteiger partial charge in [0, 0.05) is 23.6 Å². The summed E-state index contributed by atoms with van der Waals surface area (Å²) in [5, 5.41) is 3.71. The maximum Gasteiger partial charge on any atom is 0.244 e. The number of amides is 1. The Labute approximate surface area is 130 Å². The largest absolute Gasteiger partial charge is 0.477 e. The van der Waals surface area contributed by atoms with Gasteiger partial charge in [-0.1, -0.05) is 31.2 Å². The number of nitrogens with one attached hydrogen (secondary N) is 1. The monoisotopic (exact) mass is 296 g/mol. The molecule has 0 spiro atoms. The second kappa shape index (κ2) is 7.98. The first-order valence-corrected chi connectivity index (χ1v) is 7.34. The fraction of sp³-hybridized carbons (Fsp3) is 0.222. The van der Waals surface area contributed by atoms with Crippen LogP contribution in [0.4, 0.5) is 0 Å². The molecule has 4 nitrogen and oxygen atoms in total. The van der Waals surface area contributed by atoms with E-state index < -0.39 is 0 Å². The summed E-state index contributed by atoms with van der Waals surface area (Å²) in [6.45, 7) is 6.64. The van der Waals surface area contributed by atoms with E-state index in [-0.39, 0.29) is 5.91 Å². The molecule has 114 valence electrons. The van der Waals surface area contributed by atoms with Crippen LogP contribution in [0, 0.1) is 0 Å². The Bertz CT molecular complexity index is 693. The fourth-order valence-corrected chi connectivity index (χ4v) is 1.95. The van der Waals surface area contributed by atoms with Gasteiger partial charge in [0.1, 0.15) is 0 Å². The van der Waals surface area contributed by atoms with Crippen molar-refractivity contribution in [3.63, 3.8) is 0 Å². The summed E-state index contributed by atoms with van der Waals surface area (Å²) in [4.78, 5) is 16.2. The molecule has 4 heteroatoms. The number of hydrogen-bond donors (Lipinski definition) is 1. The lowest BCUT2D eigenvalue weighted by Crippen LogP contribution is -2.20. The van der Waals surface area contributed by atoms with Gasteiger partial charge in [-0.2, -0.15) is 0 Å². The smallest absolute Gasteiger partial charge is 0.244 e. The molecule has 1 aromatic heterocycles. The maximum atomic E-state index is 11.7. The molecule has 22 heavy (non-hydrogen) atoms. The average molecular weight is 296 g/mol. The summed E-state index contributed by atoms with van der Waals surface area (Å²) in [5.74, 6) is 0.378. The molecule has 2 aromatic rings. The minimum Gasteiger partial charge on any atom is -0.477 e. The van der Waals surface area contributed by atoms with E-state index in [2.05, 4.69) is 16.9 Å². The Hall–Kier alpha value is -2.62. The van der Waals surface area contributed by atoms with Gasteiger partial charge < -0.3 is 10.1 Å². The highest BCUT2D eigenvalue weighted by Gasteiger charge is 2.06. The van der Waals surface area contributed by atoms with Gasteiger partial charge in [-0.3, -0.25) is 4.79 Å². The van der Waals surface area contributed by atoms with Crippen LogP contribution in [0.5, 0.6) is 5.88 Å². The first-order valence-electron chi connectivity index (χ1n) is 7.34. The minimum absolute atomic E-state index is 0.172. The second-order valence-electron chi connectivity index (χ2n) is 4.79. The van der Waals surface area contributed by atoms with Crippen molar-refractivity contribution in [2.75, 3.05) is 13.2 Å². The van der Waals surface area contributed by atoms with Crippen LogP contribution in [-0.4, -0.2) is 24.0 Å². The number of para-hydroxylation sites is 1. The van der Waals surface area contributed by atoms with E-state index in [1.807, 2.05) is 37.3 Å². The van der Waals surface area contributed by atoms with E-state index in [9.17, 15) is 4.79 Å². The van der Waals surface area contributed by atoms with E-state index in [0.29, 0.717) is 19.0 Å². The Balaban J connectivity index is 2.30. The van der Waals surface area contributed by atoms with Crippen LogP contribution < -0.4 is 10.1 Å². The fourth-order valence-electron chi connectivity index (χ4n) is 1.95. The lowest BCUT2D eigenvalue weighted by atomic mass is 10.1. The number of benzene rings is 1. The predicted octanol–water partition coefficient (Wildman–Crippen LogP) is 3.34. The van der Waals surface area contributed by atoms with Gasteiger partial charge in [-0.05, 0) is 24.6 Å². The molecule has 0 radical (unpaired) electrons. The average Bonchev–Trinajstić information content (AvgIpc) is 2.55. The molecular formula is C18H20N2O2. The molecule has 2 rings (SSSR count). The number of nitrogens with zero attached hydrogens (tertiary/aromatic N) is 1. The van der Waals surface area contributed by atoms with Crippen LogP contribution in [0.2, 0.25) is 0 Å². The summed E-state index contributed by atoms with van der Waals surface area (Å²) >= 11 is 0. The number of ether oxygens (including phenoxy) is 1. The van der Waals surface area contributed by atoms with Gasteiger partial charge in [0.15, 0.2) is 0 Å². The number of rotatable bonds is 7. The first kappa shape index (κ1) is 15.8. The Morgan fingerprint density at radius 3 is 3.00 bits per heavy atom. The Kier molecular flexibility index (Phi) is 5.72. The van der Waals surface area contributed by atoms with Gasteiger partial charge in [-0.15, -0.1) is 6.58 Å². The zero-order valence-corrected chi connectivity index (χ0v) is 12.7. The number of carbonyl (C=O) groups excluding carboxylic acids is 1. The number of carbonyl (C=O) groups is 1. The van der Waals surface area contributed by atoms with Crippen molar-refractivity contribution in [2.45, 2.75) is 13.3 Å². The molecule has 1 aromatic carbocycles. The summed E-state index contributed by atoms with van der Waals surface area (Å²) in [7, 11) is 0. The van der Waals surface area contributed by atoms with Crippen LogP contribution in [0.15, 0.2) is 49.1 Å². The molecule has 0 unspecified atom stereocenters. The van der Waals surface area contributed by atoms with Crippen LogP contribution in [0.1, 0.15) is 18.9 Å². The molecule has 0 aliphatic heterocycles. The van der Waals surface area contributed by atoms with Crippen molar-refractivity contribution in [3.8, 4) is 5.88 Å². The molecule has 0 saturated heterocycles. The molecule has 0 aliphatic rings. The van der Waals surface area contributed by atoms with E-state index in [4.69, 9.17) is 4.74 Å². The van der Waals surface area contributed by atoms with Crippen molar-refractivity contribution in [2.24, 2.45) is 0 Å². The van der Waals surface area contributed by atoms with Crippen LogP contribution in [0.3, 0.4) is 0 Å². The maximum absolute atomic E-state index is 11.7. The lowest BCUT2D eigenvalue weighted by Gasteiger charge is -2.09. The highest BCUT2D eigenvalue weighted by atomic mass is 16.5. The summed E-state index contributed by atoms with van der Waals surface area (Å²) in [6.07, 6.45) is 5.74. The third kappa shape index (κ3) is 4.19. The topological polar surface area (TPSA) is 51.2 Å². The number of pyridine rings is 1. The number of fused-ring (bicyclic) bond motifs is 1. The number of hydrogen-bond acceptors (Lipinski definition) is 3. The summed E-state index contributed by atoms with van der Waals surface area (Å²) < 4.78 is 5.70. The lowest BCUT2D eigenvalue weighted by molar-refractivity contribution is -0.116. The third-order valence-corrected chi connectivity index (χ3v) is 2.99. The summed E-state index contributed by atoms with van der Waals surface area (Å²) in [6, 6.07) is 9.81. The third-order valence-electron chi connectivity index (χ3n) is 2.99. The van der Waals surface area contributed by atoms with E-state index >= 15 is 0 Å². The van der Waals surface area contributed by atoms with Gasteiger partial charge >= 0.3 is 0 Å². The Morgan fingerprint density at radius 2 is 2.23 bits per heavy atom. The zero-order valence-electron chi connectivity index (χ0n) is 12.7. The molecular weight excluding hydrogens is 276 g/mol. The van der Waals surface area contributed by atoms with Crippen LogP contribution >= 0.6 is 0 Å². The molecule has 1 heterocycles. The van der Waals surface area contributed by atoms with Gasteiger partial charge in [0.2, 0.25) is 11.8 Å². The first-order chi connectivity index (χ1) is 10.7. The van der Waals surface area contributed by atoms with Crippen LogP contribution in [-0.2, 0) is 4.79 Å². The molecule has 0 saturated carbocycles. The molecule has 0 aliphatic carbocycles. The SMILES string of the molecule is C=CCNC(=O)/C=C/c1cc2ccccc2nc1OCCC. The van der Waals surface area contributed by atoms with Crippen molar-refractivity contribution >= 4 is 22.9 Å². The quantitative estimate of drug-likeness (QED) is 0.630. The molecule has 1 amide bonds. The molecule has 0 fully saturated rings. The predicted molar refractivity (Wildman–Crippen MR) is 89.8 cm³/mol. The molecule has 0 bridgehead atoms. The standard InChI is InChI=1S/C18H20N2O2/c1-3-11-19-17(21)10-9-15-13-14-7-5-6-8-16(14)20-18(15)22-12-4-2/h3,5-10,13H,1,4,11-12H2,2H3,(H,19,21)/b10-9+. The second-order valence-corrected chi connectivity index (χ2v) is 4.79. The van der Waals surface area contributed by atoms with Crippen molar-refractivity contribution in [3.05, 3.63) is 54.6 Å². The minimum atomic E-state index is -0.172. The van der Waals surface area contributed by atoms with E-state index in [1.165, 1.54) is 6.08 Å². The zero-order chi connectivity index (χ0) is 15.8. The van der Waals surface area contributed by atoms with Crippen LogP contribution in [0.25, 0.3) is 17.0 Å². The van der Waals surface area contributed by atoms with Gasteiger partial charge in [-0.25, -0.2) is 4.98 Å². The summed E-state index contributed by atoms with van der Waals surface area (Å²) in [5.41, 5.74) is 1.67. The van der Waals surface area contributed by atoms with Gasteiger partial charge in [0.25, 0.3) is 0 Å². The normalized spacial score (nSPS) is 10.8. The van der Waals surface area contributed by atoms with Gasteiger partial charge in [0.05, 0.1) is 12.1 Å².